The summed E-state index contributed by atoms with van der Waals surface area (Å²) in [6.45, 7) is 0.477. The highest BCUT2D eigenvalue weighted by molar-refractivity contribution is 6.47. The van der Waals surface area contributed by atoms with E-state index in [1.54, 1.807) is 4.90 Å². The minimum absolute atomic E-state index is 0.0924. The van der Waals surface area contributed by atoms with Crippen LogP contribution in [-0.4, -0.2) is 115 Å². The first-order valence-electron chi connectivity index (χ1n) is 16.1. The number of aromatic amines is 1. The molecule has 53 heavy (non-hydrogen) atoms. The molecule has 2 aromatic carbocycles. The number of nitrogens with zero attached hydrogens (tertiary/aromatic N) is 3. The van der Waals surface area contributed by atoms with E-state index < -0.39 is 93.6 Å². The second-order valence-corrected chi connectivity index (χ2v) is 12.9. The molecule has 0 radical (unpaired) electrons. The van der Waals surface area contributed by atoms with Gasteiger partial charge in [0.15, 0.2) is 17.3 Å². The van der Waals surface area contributed by atoms with Crippen molar-refractivity contribution in [2.45, 2.75) is 37.3 Å². The number of phenolic OH excluding ortho intramolecular Hbond substituents is 2. The Morgan fingerprint density at radius 2 is 1.72 bits per heavy atom. The monoisotopic (exact) mass is 758 g/mol. The van der Waals surface area contributed by atoms with Crippen LogP contribution in [0.15, 0.2) is 41.3 Å². The molecule has 6 amide bonds. The first kappa shape index (κ1) is 36.9. The maximum atomic E-state index is 14.7. The average molecular weight is 759 g/mol. The molecular weight excluding hydrogens is 729 g/mol. The van der Waals surface area contributed by atoms with Gasteiger partial charge in [-0.2, -0.15) is 0 Å². The van der Waals surface area contributed by atoms with E-state index in [9.17, 15) is 57.9 Å². The van der Waals surface area contributed by atoms with E-state index in [1.165, 1.54) is 29.3 Å². The number of carbonyl (C=O) groups excluding carboxylic acids is 4. The third-order valence-corrected chi connectivity index (χ3v) is 9.69. The van der Waals surface area contributed by atoms with E-state index in [0.29, 0.717) is 18.9 Å². The zero-order valence-corrected chi connectivity index (χ0v) is 28.1. The number of urea groups is 2. The summed E-state index contributed by atoms with van der Waals surface area (Å²) in [4.78, 5) is 83.2. The number of amides is 6. The summed E-state index contributed by atoms with van der Waals surface area (Å²) in [5.41, 5.74) is -1.51. The molecule has 2 saturated heterocycles. The summed E-state index contributed by atoms with van der Waals surface area (Å²) < 4.78 is 34.1. The minimum atomic E-state index is -1.96. The number of phenols is 2. The van der Waals surface area contributed by atoms with Gasteiger partial charge in [0.2, 0.25) is 11.5 Å². The molecule has 3 aromatic rings. The number of hydrogen-bond donors (Lipinski definition) is 7. The van der Waals surface area contributed by atoms with Crippen LogP contribution < -0.4 is 20.8 Å². The Bertz CT molecular complexity index is 2080. The lowest BCUT2D eigenvalue weighted by molar-refractivity contribution is -0.123. The molecule has 0 aliphatic carbocycles. The largest absolute Gasteiger partial charge is 0.547 e. The van der Waals surface area contributed by atoms with Crippen LogP contribution in [0.3, 0.4) is 0 Å². The summed E-state index contributed by atoms with van der Waals surface area (Å²) in [6.07, 6.45) is 1.79. The number of nitrogens with one attached hydrogen (secondary N) is 3. The average Bonchev–Trinajstić information content (AvgIpc) is 3.52. The summed E-state index contributed by atoms with van der Waals surface area (Å²) in [7, 11) is -1.94. The Morgan fingerprint density at radius 1 is 1.00 bits per heavy atom. The molecule has 4 heterocycles. The van der Waals surface area contributed by atoms with Crippen molar-refractivity contribution in [3.05, 3.63) is 85.8 Å². The number of aromatic carboxylic acids is 1. The van der Waals surface area contributed by atoms with Gasteiger partial charge in [0.1, 0.15) is 23.2 Å². The molecule has 2 fully saturated rings. The van der Waals surface area contributed by atoms with Gasteiger partial charge in [0.05, 0.1) is 11.0 Å². The zero-order chi connectivity index (χ0) is 38.3. The van der Waals surface area contributed by atoms with E-state index in [4.69, 9.17) is 16.3 Å². The Kier molecular flexibility index (Phi) is 10.2. The number of hydrogen-bond acceptors (Lipinski definition) is 10. The van der Waals surface area contributed by atoms with E-state index in [0.717, 1.165) is 11.0 Å². The van der Waals surface area contributed by atoms with Crippen LogP contribution in [0.1, 0.15) is 50.7 Å². The third-order valence-electron chi connectivity index (χ3n) is 9.29. The SMILES string of the molecule is O=C(O)c1c(F)ccc2c1OB(O)[C@@H](NC(=O)C(NC(=O)N1CCN(C3CCN(C(=O)c4cc[nH]c(=O)c4)CC3)C1=O)c1cc(F)c(O)c(O)c1Cl)C2. The molecule has 3 aliphatic rings. The molecule has 3 aliphatic heterocycles. The Hall–Kier alpha value is -5.89. The van der Waals surface area contributed by atoms with Gasteiger partial charge in [-0.25, -0.2) is 28.1 Å². The highest BCUT2D eigenvalue weighted by Crippen LogP contribution is 2.41. The lowest BCUT2D eigenvalue weighted by atomic mass is 9.72. The van der Waals surface area contributed by atoms with Crippen LogP contribution in [0.2, 0.25) is 5.02 Å². The van der Waals surface area contributed by atoms with Gasteiger partial charge in [-0.1, -0.05) is 17.7 Å². The highest BCUT2D eigenvalue weighted by Gasteiger charge is 2.43. The fourth-order valence-electron chi connectivity index (χ4n) is 6.57. The van der Waals surface area contributed by atoms with Crippen molar-refractivity contribution in [2.75, 3.05) is 26.2 Å². The number of carboxylic acids is 1. The second kappa shape index (κ2) is 14.6. The first-order valence-corrected chi connectivity index (χ1v) is 16.5. The van der Waals surface area contributed by atoms with Gasteiger partial charge in [0, 0.05) is 55.6 Å². The van der Waals surface area contributed by atoms with Crippen molar-refractivity contribution < 1.29 is 57.8 Å². The van der Waals surface area contributed by atoms with Crippen molar-refractivity contribution in [1.29, 1.82) is 0 Å². The standard InChI is InChI=1S/C32H30BClF2N6O11/c34-23-17(13-19(36)25(44)26(23)45)24(28(46)38-20-11-14-1-2-18(35)22(30(48)49)27(14)53-33(20)52)39-31(50)42-10-9-41(32(42)51)16-4-7-40(8-5-16)29(47)15-3-6-37-21(43)12-15/h1-3,6,12-13,16,20,24,44-45,52H,4-5,7-11H2,(H,37,43)(H,38,46)(H,39,50)(H,48,49)/t20-,24?/m0/s1. The lowest BCUT2D eigenvalue weighted by Crippen LogP contribution is -2.56. The van der Waals surface area contributed by atoms with Gasteiger partial charge in [-0.3, -0.25) is 14.4 Å². The van der Waals surface area contributed by atoms with Crippen molar-refractivity contribution in [1.82, 2.24) is 30.3 Å². The van der Waals surface area contributed by atoms with E-state index in [1.807, 2.05) is 0 Å². The van der Waals surface area contributed by atoms with Crippen LogP contribution in [0.4, 0.5) is 18.4 Å². The second-order valence-electron chi connectivity index (χ2n) is 12.5. The number of pyridine rings is 1. The number of H-pyrrole nitrogens is 1. The van der Waals surface area contributed by atoms with E-state index >= 15 is 0 Å². The molecule has 278 valence electrons. The van der Waals surface area contributed by atoms with Gasteiger partial charge in [-0.05, 0) is 43.0 Å². The van der Waals surface area contributed by atoms with Crippen LogP contribution in [-0.2, 0) is 11.2 Å². The summed E-state index contributed by atoms with van der Waals surface area (Å²) in [6, 6.07) is 1.09. The molecule has 0 spiro atoms. The minimum Gasteiger partial charge on any atom is -0.534 e. The number of halogens is 3. The zero-order valence-electron chi connectivity index (χ0n) is 27.3. The molecule has 21 heteroatoms. The van der Waals surface area contributed by atoms with Gasteiger partial charge < -0.3 is 50.4 Å². The molecule has 7 N–H and O–H groups in total. The van der Waals surface area contributed by atoms with E-state index in [2.05, 4.69) is 15.6 Å². The van der Waals surface area contributed by atoms with E-state index in [-0.39, 0.29) is 55.7 Å². The number of likely N-dealkylation sites (tertiary alicyclic amines) is 1. The smallest absolute Gasteiger partial charge is 0.534 e. The molecule has 0 saturated carbocycles. The van der Waals surface area contributed by atoms with Crippen molar-refractivity contribution in [3.63, 3.8) is 0 Å². The number of imide groups is 1. The van der Waals surface area contributed by atoms with Crippen molar-refractivity contribution >= 4 is 48.6 Å². The number of fused-ring (bicyclic) bond motifs is 1. The fraction of sp³-hybridized carbons (Fsp3) is 0.312. The summed E-state index contributed by atoms with van der Waals surface area (Å²) in [5, 5.41) is 44.1. The maximum Gasteiger partial charge on any atom is 0.547 e. The quantitative estimate of drug-likeness (QED) is 0.134. The van der Waals surface area contributed by atoms with Gasteiger partial charge in [-0.15, -0.1) is 0 Å². The normalized spacial score (nSPS) is 18.0. The molecule has 1 unspecified atom stereocenters. The van der Waals surface area contributed by atoms with Crippen LogP contribution >= 0.6 is 11.6 Å². The number of benzene rings is 2. The number of aromatic nitrogens is 1. The molecule has 1 aromatic heterocycles. The highest BCUT2D eigenvalue weighted by atomic mass is 35.5. The molecule has 0 bridgehead atoms. The molecule has 17 nitrogen and oxygen atoms in total. The number of rotatable bonds is 7. The number of carboxylic acid groups (broad SMARTS) is 1. The number of carbonyl (C=O) groups is 5. The number of piperidine rings is 1. The summed E-state index contributed by atoms with van der Waals surface area (Å²) >= 11 is 6.18. The molecule has 2 atom stereocenters. The molecule has 6 rings (SSSR count). The maximum absolute atomic E-state index is 14.7. The first-order chi connectivity index (χ1) is 25.2. The van der Waals surface area contributed by atoms with Crippen LogP contribution in [0, 0.1) is 11.6 Å². The van der Waals surface area contributed by atoms with Crippen LogP contribution in [0.5, 0.6) is 17.2 Å². The van der Waals surface area contributed by atoms with Crippen molar-refractivity contribution in [3.8, 4) is 17.2 Å². The Morgan fingerprint density at radius 3 is 2.40 bits per heavy atom. The number of aromatic hydroxyl groups is 2. The predicted molar refractivity (Wildman–Crippen MR) is 178 cm³/mol. The molecular formula is C32H30BClF2N6O11. The van der Waals surface area contributed by atoms with Crippen molar-refractivity contribution in [2.24, 2.45) is 0 Å². The van der Waals surface area contributed by atoms with Gasteiger partial charge >= 0.3 is 25.1 Å². The summed E-state index contributed by atoms with van der Waals surface area (Å²) in [5.74, 6) is -9.93. The lowest BCUT2D eigenvalue weighted by Gasteiger charge is -2.36. The third kappa shape index (κ3) is 7.14. The Balaban J connectivity index is 1.17. The predicted octanol–water partition coefficient (Wildman–Crippen LogP) is 1.35. The van der Waals surface area contributed by atoms with Gasteiger partial charge in [0.25, 0.3) is 5.91 Å². The Labute approximate surface area is 302 Å². The fourth-order valence-corrected chi connectivity index (χ4v) is 6.82. The topological polar surface area (TPSA) is 242 Å². The van der Waals surface area contributed by atoms with Crippen LogP contribution in [0.25, 0.3) is 0 Å².